The van der Waals surface area contributed by atoms with Crippen LogP contribution in [0.25, 0.3) is 0 Å². The summed E-state index contributed by atoms with van der Waals surface area (Å²) in [7, 11) is -7.08. The van der Waals surface area contributed by atoms with E-state index in [0.717, 1.165) is 31.2 Å². The lowest BCUT2D eigenvalue weighted by Gasteiger charge is -2.31. The van der Waals surface area contributed by atoms with Crippen molar-refractivity contribution in [3.8, 4) is 0 Å². The first-order chi connectivity index (χ1) is 13.9. The maximum Gasteiger partial charge on any atom is 0.264 e. The van der Waals surface area contributed by atoms with Gasteiger partial charge in [0.1, 0.15) is 0 Å². The lowest BCUT2D eigenvalue weighted by atomic mass is 10.0. The first kappa shape index (κ1) is 20.2. The monoisotopic (exact) mass is 434 g/mol. The zero-order chi connectivity index (χ0) is 20.5. The minimum absolute atomic E-state index is 0.259. The molecule has 2 aliphatic rings. The summed E-state index contributed by atoms with van der Waals surface area (Å²) in [6.45, 7) is 0.414. The van der Waals surface area contributed by atoms with Gasteiger partial charge in [-0.15, -0.1) is 0 Å². The first-order valence-corrected chi connectivity index (χ1v) is 13.1. The molecule has 0 atom stereocenters. The largest absolute Gasteiger partial charge is 0.283 e. The Kier molecular flexibility index (Phi) is 5.57. The van der Waals surface area contributed by atoms with Crippen molar-refractivity contribution in [2.45, 2.75) is 55.1 Å². The molecule has 8 heteroatoms. The van der Waals surface area contributed by atoms with E-state index in [1.807, 2.05) is 0 Å². The molecule has 0 spiro atoms. The van der Waals surface area contributed by atoms with E-state index in [2.05, 4.69) is 4.72 Å². The molecule has 29 heavy (non-hydrogen) atoms. The van der Waals surface area contributed by atoms with Crippen LogP contribution in [0, 0.1) is 0 Å². The standard InChI is InChI=1S/C21H26N2O4S2/c24-28(25,19-9-3-1-4-10-19)22-18-13-14-21-17(16-18)8-7-15-23(21)29(26,27)20-11-5-2-6-12-20/h2,5-6,11-14,16,19,22H,1,3-4,7-10,15H2. The molecule has 0 amide bonds. The van der Waals surface area contributed by atoms with E-state index >= 15 is 0 Å². The molecule has 0 bridgehead atoms. The van der Waals surface area contributed by atoms with E-state index in [9.17, 15) is 16.8 Å². The minimum atomic E-state index is -3.65. The van der Waals surface area contributed by atoms with Gasteiger partial charge in [0.05, 0.1) is 15.8 Å². The van der Waals surface area contributed by atoms with Crippen LogP contribution < -0.4 is 9.03 Å². The SMILES string of the molecule is O=S(=O)(Nc1ccc2c(c1)CCCN2S(=O)(=O)c1ccccc1)C1CCCCC1. The van der Waals surface area contributed by atoms with E-state index in [0.29, 0.717) is 37.2 Å². The van der Waals surface area contributed by atoms with Gasteiger partial charge in [-0.1, -0.05) is 37.5 Å². The maximum atomic E-state index is 13.1. The summed E-state index contributed by atoms with van der Waals surface area (Å²) in [6, 6.07) is 13.6. The first-order valence-electron chi connectivity index (χ1n) is 10.1. The molecule has 1 fully saturated rings. The van der Waals surface area contributed by atoms with Crippen LogP contribution in [0.2, 0.25) is 0 Å². The fourth-order valence-corrected chi connectivity index (χ4v) is 7.36. The van der Waals surface area contributed by atoms with Crippen LogP contribution in [0.1, 0.15) is 44.1 Å². The Hall–Kier alpha value is -2.06. The highest BCUT2D eigenvalue weighted by Gasteiger charge is 2.30. The molecule has 6 nitrogen and oxygen atoms in total. The molecule has 156 valence electrons. The highest BCUT2D eigenvalue weighted by atomic mass is 32.2. The molecule has 1 aliphatic heterocycles. The molecule has 0 saturated heterocycles. The number of aryl methyl sites for hydroxylation is 1. The van der Waals surface area contributed by atoms with Crippen molar-refractivity contribution in [3.05, 3.63) is 54.1 Å². The molecule has 0 aromatic heterocycles. The number of nitrogens with one attached hydrogen (secondary N) is 1. The molecule has 0 unspecified atom stereocenters. The van der Waals surface area contributed by atoms with Crippen molar-refractivity contribution >= 4 is 31.4 Å². The maximum absolute atomic E-state index is 13.1. The van der Waals surface area contributed by atoms with Gasteiger partial charge in [-0.25, -0.2) is 16.8 Å². The van der Waals surface area contributed by atoms with Crippen LogP contribution in [0.15, 0.2) is 53.4 Å². The molecule has 1 heterocycles. The van der Waals surface area contributed by atoms with Gasteiger partial charge in [0, 0.05) is 12.2 Å². The van der Waals surface area contributed by atoms with Crippen molar-refractivity contribution < 1.29 is 16.8 Å². The van der Waals surface area contributed by atoms with Crippen molar-refractivity contribution in [2.75, 3.05) is 15.6 Å². The number of nitrogens with zero attached hydrogens (tertiary/aromatic N) is 1. The summed E-state index contributed by atoms with van der Waals surface area (Å²) in [6.07, 6.45) is 5.79. The fourth-order valence-electron chi connectivity index (χ4n) is 4.22. The van der Waals surface area contributed by atoms with Gasteiger partial charge in [-0.3, -0.25) is 9.03 Å². The van der Waals surface area contributed by atoms with Crippen LogP contribution in [0.5, 0.6) is 0 Å². The summed E-state index contributed by atoms with van der Waals surface area (Å²) >= 11 is 0. The number of rotatable bonds is 5. The minimum Gasteiger partial charge on any atom is -0.283 e. The average Bonchev–Trinajstić information content (AvgIpc) is 2.74. The molecule has 4 rings (SSSR count). The topological polar surface area (TPSA) is 83.6 Å². The van der Waals surface area contributed by atoms with E-state index in [4.69, 9.17) is 0 Å². The number of fused-ring (bicyclic) bond motifs is 1. The Morgan fingerprint density at radius 2 is 1.59 bits per heavy atom. The molecular weight excluding hydrogens is 408 g/mol. The quantitative estimate of drug-likeness (QED) is 0.774. The number of hydrogen-bond donors (Lipinski definition) is 1. The zero-order valence-electron chi connectivity index (χ0n) is 16.2. The van der Waals surface area contributed by atoms with Crippen LogP contribution in [-0.4, -0.2) is 28.6 Å². The lowest BCUT2D eigenvalue weighted by molar-refractivity contribution is 0.486. The predicted molar refractivity (Wildman–Crippen MR) is 115 cm³/mol. The van der Waals surface area contributed by atoms with Gasteiger partial charge in [0.2, 0.25) is 10.0 Å². The lowest BCUT2D eigenvalue weighted by Crippen LogP contribution is -2.35. The second kappa shape index (κ2) is 7.99. The van der Waals surface area contributed by atoms with Gasteiger partial charge < -0.3 is 0 Å². The Morgan fingerprint density at radius 3 is 2.31 bits per heavy atom. The predicted octanol–water partition coefficient (Wildman–Crippen LogP) is 3.90. The summed E-state index contributed by atoms with van der Waals surface area (Å²) in [5.41, 5.74) is 1.98. The third-order valence-corrected chi connectivity index (χ3v) is 9.43. The van der Waals surface area contributed by atoms with Gasteiger partial charge in [-0.2, -0.15) is 0 Å². The number of benzene rings is 2. The second-order valence-electron chi connectivity index (χ2n) is 7.74. The van der Waals surface area contributed by atoms with Crippen LogP contribution in [0.4, 0.5) is 11.4 Å². The molecule has 0 radical (unpaired) electrons. The third-order valence-electron chi connectivity index (χ3n) is 5.74. The summed E-state index contributed by atoms with van der Waals surface area (Å²) < 4.78 is 55.8. The Bertz CT molecular complexity index is 1080. The molecule has 1 N–H and O–H groups in total. The van der Waals surface area contributed by atoms with E-state index in [1.165, 1.54) is 4.31 Å². The molecule has 2 aromatic carbocycles. The highest BCUT2D eigenvalue weighted by molar-refractivity contribution is 7.93. The van der Waals surface area contributed by atoms with Gasteiger partial charge >= 0.3 is 0 Å². The second-order valence-corrected chi connectivity index (χ2v) is 11.6. The Labute approximate surface area is 173 Å². The Balaban J connectivity index is 1.61. The van der Waals surface area contributed by atoms with E-state index in [1.54, 1.807) is 48.5 Å². The smallest absolute Gasteiger partial charge is 0.264 e. The van der Waals surface area contributed by atoms with Crippen LogP contribution >= 0.6 is 0 Å². The van der Waals surface area contributed by atoms with Gasteiger partial charge in [0.15, 0.2) is 0 Å². The summed E-state index contributed by atoms with van der Waals surface area (Å²) in [5.74, 6) is 0. The van der Waals surface area contributed by atoms with Crippen molar-refractivity contribution in [1.82, 2.24) is 0 Å². The van der Waals surface area contributed by atoms with Crippen LogP contribution in [-0.2, 0) is 26.5 Å². The van der Waals surface area contributed by atoms with Gasteiger partial charge in [0.25, 0.3) is 10.0 Å². The summed E-state index contributed by atoms with van der Waals surface area (Å²) in [5, 5.41) is -0.345. The number of sulfonamides is 2. The van der Waals surface area contributed by atoms with Crippen LogP contribution in [0.3, 0.4) is 0 Å². The number of anilines is 2. The Morgan fingerprint density at radius 1 is 0.862 bits per heavy atom. The normalized spacial score (nSPS) is 18.3. The average molecular weight is 435 g/mol. The van der Waals surface area contributed by atoms with Crippen molar-refractivity contribution in [2.24, 2.45) is 0 Å². The van der Waals surface area contributed by atoms with E-state index < -0.39 is 20.0 Å². The number of hydrogen-bond acceptors (Lipinski definition) is 4. The highest BCUT2D eigenvalue weighted by Crippen LogP contribution is 2.34. The molecule has 1 saturated carbocycles. The molecular formula is C21H26N2O4S2. The summed E-state index contributed by atoms with van der Waals surface area (Å²) in [4.78, 5) is 0.259. The van der Waals surface area contributed by atoms with Crippen molar-refractivity contribution in [1.29, 1.82) is 0 Å². The fraction of sp³-hybridized carbons (Fsp3) is 0.429. The van der Waals surface area contributed by atoms with Gasteiger partial charge in [-0.05, 0) is 61.6 Å². The molecule has 1 aliphatic carbocycles. The molecule has 2 aromatic rings. The zero-order valence-corrected chi connectivity index (χ0v) is 17.9. The third kappa shape index (κ3) is 4.14. The van der Waals surface area contributed by atoms with E-state index in [-0.39, 0.29) is 10.1 Å². The van der Waals surface area contributed by atoms with Crippen molar-refractivity contribution in [3.63, 3.8) is 0 Å².